The molecule has 1 aliphatic carbocycles. The monoisotopic (exact) mass is 375 g/mol. The van der Waals surface area contributed by atoms with Crippen LogP contribution in [0, 0.1) is 0 Å². The average molecular weight is 376 g/mol. The minimum Gasteiger partial charge on any atom is -0.357 e. The SMILES string of the molecule is CCNC(=NCC1(c2ccccc2)CC1)NCCCc1nc2ccccc2[nH]1. The predicted molar refractivity (Wildman–Crippen MR) is 116 cm³/mol. The molecule has 5 heteroatoms. The number of aryl methyl sites for hydroxylation is 1. The van der Waals surface area contributed by atoms with Crippen molar-refractivity contribution in [1.82, 2.24) is 20.6 Å². The maximum atomic E-state index is 4.87. The lowest BCUT2D eigenvalue weighted by molar-refractivity contribution is 0.684. The van der Waals surface area contributed by atoms with Gasteiger partial charge < -0.3 is 15.6 Å². The van der Waals surface area contributed by atoms with Crippen molar-refractivity contribution in [3.8, 4) is 0 Å². The van der Waals surface area contributed by atoms with E-state index >= 15 is 0 Å². The first-order chi connectivity index (χ1) is 13.8. The molecule has 0 unspecified atom stereocenters. The van der Waals surface area contributed by atoms with Crippen molar-refractivity contribution in [2.75, 3.05) is 19.6 Å². The molecule has 0 saturated heterocycles. The van der Waals surface area contributed by atoms with Gasteiger partial charge in [-0.25, -0.2) is 4.98 Å². The standard InChI is InChI=1S/C23H29N5/c1-2-24-22(26-17-23(14-15-23)18-9-4-3-5-10-18)25-16-8-13-21-27-19-11-6-7-12-20(19)28-21/h3-7,9-12H,2,8,13-17H2,1H3,(H,27,28)(H2,24,25,26). The van der Waals surface area contributed by atoms with Crippen LogP contribution >= 0.6 is 0 Å². The van der Waals surface area contributed by atoms with E-state index in [1.165, 1.54) is 18.4 Å². The zero-order valence-corrected chi connectivity index (χ0v) is 16.5. The highest BCUT2D eigenvalue weighted by Gasteiger charge is 2.43. The number of hydrogen-bond donors (Lipinski definition) is 3. The third-order valence-electron chi connectivity index (χ3n) is 5.44. The van der Waals surface area contributed by atoms with E-state index in [-0.39, 0.29) is 5.41 Å². The summed E-state index contributed by atoms with van der Waals surface area (Å²) in [6.07, 6.45) is 4.39. The Balaban J connectivity index is 1.29. The maximum absolute atomic E-state index is 4.87. The van der Waals surface area contributed by atoms with Crippen molar-refractivity contribution < 1.29 is 0 Å². The van der Waals surface area contributed by atoms with Crippen LogP contribution in [0.4, 0.5) is 0 Å². The molecule has 2 aromatic carbocycles. The zero-order chi connectivity index (χ0) is 19.2. The molecule has 4 rings (SSSR count). The van der Waals surface area contributed by atoms with Gasteiger partial charge in [0.05, 0.1) is 17.6 Å². The average Bonchev–Trinajstić information content (AvgIpc) is 3.41. The van der Waals surface area contributed by atoms with E-state index in [0.717, 1.165) is 55.3 Å². The molecule has 0 atom stereocenters. The Morgan fingerprint density at radius 2 is 1.86 bits per heavy atom. The molecule has 1 heterocycles. The molecule has 1 saturated carbocycles. The van der Waals surface area contributed by atoms with E-state index in [4.69, 9.17) is 4.99 Å². The number of para-hydroxylation sites is 2. The highest BCUT2D eigenvalue weighted by molar-refractivity contribution is 5.79. The van der Waals surface area contributed by atoms with Crippen LogP contribution in [-0.2, 0) is 11.8 Å². The Hall–Kier alpha value is -2.82. The summed E-state index contributed by atoms with van der Waals surface area (Å²) in [5.74, 6) is 1.96. The molecule has 1 fully saturated rings. The summed E-state index contributed by atoms with van der Waals surface area (Å²) >= 11 is 0. The minimum absolute atomic E-state index is 0.248. The smallest absolute Gasteiger partial charge is 0.191 e. The van der Waals surface area contributed by atoms with Crippen molar-refractivity contribution in [1.29, 1.82) is 0 Å². The fourth-order valence-corrected chi connectivity index (χ4v) is 3.64. The van der Waals surface area contributed by atoms with Gasteiger partial charge in [0.25, 0.3) is 0 Å². The minimum atomic E-state index is 0.248. The maximum Gasteiger partial charge on any atom is 0.191 e. The third kappa shape index (κ3) is 4.35. The topological polar surface area (TPSA) is 65.1 Å². The number of benzene rings is 2. The van der Waals surface area contributed by atoms with E-state index in [1.807, 2.05) is 18.2 Å². The van der Waals surface area contributed by atoms with Crippen molar-refractivity contribution in [3.05, 3.63) is 66.0 Å². The van der Waals surface area contributed by atoms with Gasteiger partial charge in [0, 0.05) is 24.9 Å². The lowest BCUT2D eigenvalue weighted by Crippen LogP contribution is -2.38. The first-order valence-corrected chi connectivity index (χ1v) is 10.3. The van der Waals surface area contributed by atoms with Crippen molar-refractivity contribution in [3.63, 3.8) is 0 Å². The van der Waals surface area contributed by atoms with Crippen molar-refractivity contribution in [2.24, 2.45) is 4.99 Å². The van der Waals surface area contributed by atoms with E-state index in [2.05, 4.69) is 63.9 Å². The summed E-state index contributed by atoms with van der Waals surface area (Å²) in [6.45, 7) is 4.70. The van der Waals surface area contributed by atoms with Crippen LogP contribution in [-0.4, -0.2) is 35.6 Å². The van der Waals surface area contributed by atoms with Crippen LogP contribution in [0.25, 0.3) is 11.0 Å². The molecule has 5 nitrogen and oxygen atoms in total. The molecule has 1 aliphatic rings. The Kier molecular flexibility index (Phi) is 5.60. The lowest BCUT2D eigenvalue weighted by atomic mass is 9.96. The van der Waals surface area contributed by atoms with E-state index in [9.17, 15) is 0 Å². The number of aromatic nitrogens is 2. The third-order valence-corrected chi connectivity index (χ3v) is 5.44. The zero-order valence-electron chi connectivity index (χ0n) is 16.5. The quantitative estimate of drug-likeness (QED) is 0.319. The molecule has 3 aromatic rings. The Bertz CT molecular complexity index is 891. The second-order valence-electron chi connectivity index (χ2n) is 7.57. The summed E-state index contributed by atoms with van der Waals surface area (Å²) in [5.41, 5.74) is 3.81. The van der Waals surface area contributed by atoms with Gasteiger partial charge in [-0.1, -0.05) is 42.5 Å². The van der Waals surface area contributed by atoms with Crippen molar-refractivity contribution >= 4 is 17.0 Å². The van der Waals surface area contributed by atoms with E-state index in [0.29, 0.717) is 0 Å². The number of aromatic amines is 1. The van der Waals surface area contributed by atoms with Gasteiger partial charge in [-0.15, -0.1) is 0 Å². The number of nitrogens with zero attached hydrogens (tertiary/aromatic N) is 2. The fourth-order valence-electron chi connectivity index (χ4n) is 3.64. The molecular formula is C23H29N5. The van der Waals surface area contributed by atoms with Crippen LogP contribution in [0.1, 0.15) is 37.6 Å². The molecule has 28 heavy (non-hydrogen) atoms. The van der Waals surface area contributed by atoms with E-state index in [1.54, 1.807) is 0 Å². The Labute approximate surface area is 166 Å². The highest BCUT2D eigenvalue weighted by atomic mass is 15.2. The van der Waals surface area contributed by atoms with Gasteiger partial charge in [0.2, 0.25) is 0 Å². The lowest BCUT2D eigenvalue weighted by Gasteiger charge is -2.16. The first kappa shape index (κ1) is 18.5. The van der Waals surface area contributed by atoms with Crippen LogP contribution < -0.4 is 10.6 Å². The van der Waals surface area contributed by atoms with Gasteiger partial charge >= 0.3 is 0 Å². The highest BCUT2D eigenvalue weighted by Crippen LogP contribution is 2.48. The largest absolute Gasteiger partial charge is 0.357 e. The molecule has 1 aromatic heterocycles. The van der Waals surface area contributed by atoms with Gasteiger partial charge in [-0.3, -0.25) is 4.99 Å². The summed E-state index contributed by atoms with van der Waals surface area (Å²) in [5, 5.41) is 6.84. The summed E-state index contributed by atoms with van der Waals surface area (Å²) in [4.78, 5) is 12.9. The van der Waals surface area contributed by atoms with Gasteiger partial charge in [-0.2, -0.15) is 0 Å². The normalized spacial score (nSPS) is 15.5. The summed E-state index contributed by atoms with van der Waals surface area (Å²) < 4.78 is 0. The van der Waals surface area contributed by atoms with Gasteiger partial charge in [-0.05, 0) is 43.9 Å². The molecule has 0 aliphatic heterocycles. The molecule has 0 radical (unpaired) electrons. The van der Waals surface area contributed by atoms with Gasteiger partial charge in [0.1, 0.15) is 5.82 Å². The molecular weight excluding hydrogens is 346 g/mol. The number of nitrogens with one attached hydrogen (secondary N) is 3. The summed E-state index contributed by atoms with van der Waals surface area (Å²) in [7, 11) is 0. The van der Waals surface area contributed by atoms with E-state index < -0.39 is 0 Å². The Morgan fingerprint density at radius 3 is 2.61 bits per heavy atom. The summed E-state index contributed by atoms with van der Waals surface area (Å²) in [6, 6.07) is 19.0. The second-order valence-corrected chi connectivity index (χ2v) is 7.57. The second kappa shape index (κ2) is 8.46. The van der Waals surface area contributed by atoms with Crippen LogP contribution in [0.5, 0.6) is 0 Å². The Morgan fingerprint density at radius 1 is 1.07 bits per heavy atom. The van der Waals surface area contributed by atoms with Crippen molar-refractivity contribution in [2.45, 2.75) is 38.0 Å². The number of fused-ring (bicyclic) bond motifs is 1. The fraction of sp³-hybridized carbons (Fsp3) is 0.391. The molecule has 3 N–H and O–H groups in total. The number of hydrogen-bond acceptors (Lipinski definition) is 2. The molecule has 0 amide bonds. The molecule has 0 bridgehead atoms. The number of rotatable bonds is 8. The van der Waals surface area contributed by atoms with Crippen LogP contribution in [0.3, 0.4) is 0 Å². The number of guanidine groups is 1. The van der Waals surface area contributed by atoms with Gasteiger partial charge in [0.15, 0.2) is 5.96 Å². The van der Waals surface area contributed by atoms with Crippen LogP contribution in [0.2, 0.25) is 0 Å². The number of imidazole rings is 1. The first-order valence-electron chi connectivity index (χ1n) is 10.3. The predicted octanol–water partition coefficient (Wildman–Crippen LogP) is 3.78. The molecule has 146 valence electrons. The number of aliphatic imine (C=N–C) groups is 1. The molecule has 0 spiro atoms. The van der Waals surface area contributed by atoms with Crippen LogP contribution in [0.15, 0.2) is 59.6 Å². The number of H-pyrrole nitrogens is 1.